The van der Waals surface area contributed by atoms with Crippen molar-refractivity contribution in [1.82, 2.24) is 0 Å². The highest BCUT2D eigenvalue weighted by Gasteiger charge is 2.48. The summed E-state index contributed by atoms with van der Waals surface area (Å²) < 4.78 is 44.9. The number of ether oxygens (including phenoxy) is 1. The Morgan fingerprint density at radius 3 is 2.53 bits per heavy atom. The predicted molar refractivity (Wildman–Crippen MR) is 66.9 cm³/mol. The molecule has 0 bridgehead atoms. The van der Waals surface area contributed by atoms with Crippen molar-refractivity contribution >= 4 is 18.4 Å². The molecule has 1 aromatic carbocycles. The zero-order valence-electron chi connectivity index (χ0n) is 10.5. The number of benzene rings is 1. The molecule has 0 radical (unpaired) electrons. The molecular weight excluding hydrogens is 283 g/mol. The van der Waals surface area contributed by atoms with Crippen LogP contribution < -0.4 is 5.73 Å². The Hall–Kier alpha value is -1.27. The molecule has 0 heterocycles. The molecule has 0 saturated heterocycles. The molecule has 0 aromatic heterocycles. The van der Waals surface area contributed by atoms with Crippen LogP contribution >= 0.6 is 12.4 Å². The van der Waals surface area contributed by atoms with Crippen LogP contribution in [-0.2, 0) is 9.53 Å². The Morgan fingerprint density at radius 2 is 2.05 bits per heavy atom. The summed E-state index contributed by atoms with van der Waals surface area (Å²) in [7, 11) is 0. The number of carbonyl (C=O) groups is 1. The van der Waals surface area contributed by atoms with E-state index in [1.807, 2.05) is 0 Å². The quantitative estimate of drug-likeness (QED) is 0.870. The van der Waals surface area contributed by atoms with Gasteiger partial charge in [0.25, 0.3) is 0 Å². The molecule has 0 unspecified atom stereocenters. The molecule has 0 fully saturated rings. The second-order valence-electron chi connectivity index (χ2n) is 3.85. The van der Waals surface area contributed by atoms with Gasteiger partial charge in [-0.05, 0) is 25.5 Å². The topological polar surface area (TPSA) is 52.3 Å². The highest BCUT2D eigenvalue weighted by atomic mass is 35.5. The van der Waals surface area contributed by atoms with E-state index >= 15 is 0 Å². The van der Waals surface area contributed by atoms with Crippen LogP contribution in [0.15, 0.2) is 18.2 Å². The lowest BCUT2D eigenvalue weighted by atomic mass is 9.99. The number of alkyl halides is 2. The van der Waals surface area contributed by atoms with Crippen LogP contribution in [0.2, 0.25) is 0 Å². The molecule has 2 N–H and O–H groups in total. The number of carbonyl (C=O) groups excluding carboxylic acids is 1. The van der Waals surface area contributed by atoms with Crippen molar-refractivity contribution in [1.29, 1.82) is 0 Å². The van der Waals surface area contributed by atoms with Gasteiger partial charge in [0.1, 0.15) is 11.9 Å². The van der Waals surface area contributed by atoms with Crippen LogP contribution in [0.25, 0.3) is 0 Å². The van der Waals surface area contributed by atoms with Gasteiger partial charge in [-0.1, -0.05) is 12.1 Å². The largest absolute Gasteiger partial charge is 0.462 e. The number of hydrogen-bond acceptors (Lipinski definition) is 3. The van der Waals surface area contributed by atoms with Crippen molar-refractivity contribution < 1.29 is 22.7 Å². The minimum Gasteiger partial charge on any atom is -0.462 e. The molecule has 19 heavy (non-hydrogen) atoms. The molecule has 1 aromatic rings. The summed E-state index contributed by atoms with van der Waals surface area (Å²) in [6.07, 6.45) is 0. The third kappa shape index (κ3) is 3.84. The van der Waals surface area contributed by atoms with E-state index < -0.39 is 29.3 Å². The predicted octanol–water partition coefficient (Wildman–Crippen LogP) is 2.75. The minimum atomic E-state index is -3.97. The zero-order chi connectivity index (χ0) is 13.9. The van der Waals surface area contributed by atoms with Gasteiger partial charge in [0.05, 0.1) is 6.61 Å². The molecule has 3 nitrogen and oxygen atoms in total. The minimum absolute atomic E-state index is 0. The Kier molecular flexibility index (Phi) is 6.32. The first-order valence-electron chi connectivity index (χ1n) is 5.37. The normalized spacial score (nSPS) is 12.5. The summed E-state index contributed by atoms with van der Waals surface area (Å²) in [5.41, 5.74) is 5.42. The summed E-state index contributed by atoms with van der Waals surface area (Å²) in [4.78, 5) is 11.1. The van der Waals surface area contributed by atoms with Gasteiger partial charge in [0.15, 0.2) is 0 Å². The molecular formula is C12H15ClF3NO2. The van der Waals surface area contributed by atoms with Crippen LogP contribution in [-0.4, -0.2) is 18.5 Å². The molecule has 7 heteroatoms. The van der Waals surface area contributed by atoms with E-state index in [0.717, 1.165) is 12.1 Å². The summed E-state index contributed by atoms with van der Waals surface area (Å²) in [5.74, 6) is -6.59. The lowest BCUT2D eigenvalue weighted by molar-refractivity contribution is -0.174. The average molecular weight is 298 g/mol. The second-order valence-corrected chi connectivity index (χ2v) is 3.85. The monoisotopic (exact) mass is 297 g/mol. The molecule has 0 spiro atoms. The Balaban J connectivity index is 0.00000324. The van der Waals surface area contributed by atoms with Gasteiger partial charge in [-0.3, -0.25) is 0 Å². The molecule has 0 aliphatic heterocycles. The van der Waals surface area contributed by atoms with Gasteiger partial charge < -0.3 is 10.5 Å². The number of aryl methyl sites for hydroxylation is 1. The lowest BCUT2D eigenvalue weighted by Crippen LogP contribution is -2.42. The Labute approximate surface area is 115 Å². The van der Waals surface area contributed by atoms with Crippen molar-refractivity contribution in [2.45, 2.75) is 25.8 Å². The van der Waals surface area contributed by atoms with Crippen LogP contribution in [0.3, 0.4) is 0 Å². The number of nitrogens with two attached hydrogens (primary N) is 1. The van der Waals surface area contributed by atoms with Crippen molar-refractivity contribution in [3.8, 4) is 0 Å². The number of esters is 1. The van der Waals surface area contributed by atoms with Crippen molar-refractivity contribution in [2.75, 3.05) is 6.61 Å². The van der Waals surface area contributed by atoms with Gasteiger partial charge in [0, 0.05) is 5.56 Å². The summed E-state index contributed by atoms with van der Waals surface area (Å²) >= 11 is 0. The third-order valence-electron chi connectivity index (χ3n) is 2.43. The number of halogens is 4. The SMILES string of the molecule is CCOC(=O)C(F)(F)[C@H](N)c1ccc(C)cc1F.Cl. The van der Waals surface area contributed by atoms with E-state index in [0.29, 0.717) is 5.56 Å². The average Bonchev–Trinajstić information content (AvgIpc) is 2.28. The zero-order valence-corrected chi connectivity index (χ0v) is 11.3. The third-order valence-corrected chi connectivity index (χ3v) is 2.43. The van der Waals surface area contributed by atoms with Crippen LogP contribution in [0, 0.1) is 12.7 Å². The lowest BCUT2D eigenvalue weighted by Gasteiger charge is -2.22. The fraction of sp³-hybridized carbons (Fsp3) is 0.417. The smallest absolute Gasteiger partial charge is 0.379 e. The van der Waals surface area contributed by atoms with Crippen molar-refractivity contribution in [2.24, 2.45) is 5.73 Å². The molecule has 0 saturated carbocycles. The maximum absolute atomic E-state index is 13.6. The van der Waals surface area contributed by atoms with Gasteiger partial charge in [0.2, 0.25) is 0 Å². The van der Waals surface area contributed by atoms with E-state index in [-0.39, 0.29) is 19.0 Å². The second kappa shape index (κ2) is 6.77. The van der Waals surface area contributed by atoms with Crippen molar-refractivity contribution in [3.63, 3.8) is 0 Å². The van der Waals surface area contributed by atoms with Gasteiger partial charge in [-0.15, -0.1) is 12.4 Å². The molecule has 0 amide bonds. The summed E-state index contributed by atoms with van der Waals surface area (Å²) in [5, 5.41) is 0. The maximum Gasteiger partial charge on any atom is 0.379 e. The van der Waals surface area contributed by atoms with Crippen LogP contribution in [0.1, 0.15) is 24.1 Å². The fourth-order valence-corrected chi connectivity index (χ4v) is 1.43. The van der Waals surface area contributed by atoms with Gasteiger partial charge in [-0.2, -0.15) is 8.78 Å². The fourth-order valence-electron chi connectivity index (χ4n) is 1.43. The number of rotatable bonds is 4. The first kappa shape index (κ1) is 17.7. The van der Waals surface area contributed by atoms with E-state index in [1.54, 1.807) is 6.92 Å². The molecule has 108 valence electrons. The van der Waals surface area contributed by atoms with E-state index in [4.69, 9.17) is 5.73 Å². The van der Waals surface area contributed by atoms with Crippen LogP contribution in [0.5, 0.6) is 0 Å². The Morgan fingerprint density at radius 1 is 1.47 bits per heavy atom. The summed E-state index contributed by atoms with van der Waals surface area (Å²) in [6, 6.07) is 1.59. The van der Waals surface area contributed by atoms with E-state index in [2.05, 4.69) is 4.74 Å². The van der Waals surface area contributed by atoms with E-state index in [1.165, 1.54) is 13.0 Å². The number of hydrogen-bond donors (Lipinski definition) is 1. The standard InChI is InChI=1S/C12H14F3NO2.ClH/c1-3-18-11(17)12(14,15)10(16)8-5-4-7(2)6-9(8)13;/h4-6,10H,3,16H2,1-2H3;1H/t10-;/m1./s1. The first-order valence-corrected chi connectivity index (χ1v) is 5.37. The van der Waals surface area contributed by atoms with Gasteiger partial charge in [-0.25, -0.2) is 9.18 Å². The highest BCUT2D eigenvalue weighted by Crippen LogP contribution is 2.32. The highest BCUT2D eigenvalue weighted by molar-refractivity contribution is 5.85. The van der Waals surface area contributed by atoms with Crippen molar-refractivity contribution in [3.05, 3.63) is 35.1 Å². The van der Waals surface area contributed by atoms with E-state index in [9.17, 15) is 18.0 Å². The Bertz CT molecular complexity index is 455. The van der Waals surface area contributed by atoms with Gasteiger partial charge >= 0.3 is 11.9 Å². The van der Waals surface area contributed by atoms with Crippen LogP contribution in [0.4, 0.5) is 13.2 Å². The molecule has 1 rings (SSSR count). The summed E-state index contributed by atoms with van der Waals surface area (Å²) in [6.45, 7) is 2.81. The molecule has 0 aliphatic rings. The molecule has 1 atom stereocenters. The first-order chi connectivity index (χ1) is 8.30. The molecule has 0 aliphatic carbocycles. The maximum atomic E-state index is 13.6.